The van der Waals surface area contributed by atoms with E-state index in [4.69, 9.17) is 11.6 Å². The van der Waals surface area contributed by atoms with E-state index >= 15 is 0 Å². The SMILES string of the molecule is Cc1ccc(Cl)cc1C(=O)Nc1ccc(I)cc1. The Labute approximate surface area is 124 Å². The van der Waals surface area contributed by atoms with Gasteiger partial charge in [0.2, 0.25) is 0 Å². The van der Waals surface area contributed by atoms with Gasteiger partial charge in [0.25, 0.3) is 5.91 Å². The van der Waals surface area contributed by atoms with E-state index in [9.17, 15) is 4.79 Å². The molecule has 0 aliphatic rings. The van der Waals surface area contributed by atoms with Crippen molar-refractivity contribution in [1.29, 1.82) is 0 Å². The first-order valence-corrected chi connectivity index (χ1v) is 6.85. The van der Waals surface area contributed by atoms with Crippen LogP contribution in [-0.2, 0) is 0 Å². The van der Waals surface area contributed by atoms with E-state index in [0.29, 0.717) is 10.6 Å². The highest BCUT2D eigenvalue weighted by Gasteiger charge is 2.09. The Balaban J connectivity index is 2.21. The van der Waals surface area contributed by atoms with Crippen molar-refractivity contribution in [3.8, 4) is 0 Å². The van der Waals surface area contributed by atoms with Gasteiger partial charge in [0.1, 0.15) is 0 Å². The fourth-order valence-electron chi connectivity index (χ4n) is 1.57. The molecule has 92 valence electrons. The first-order valence-electron chi connectivity index (χ1n) is 5.39. The maximum atomic E-state index is 12.1. The number of carbonyl (C=O) groups excluding carboxylic acids is 1. The fraction of sp³-hybridized carbons (Fsp3) is 0.0714. The van der Waals surface area contributed by atoms with Crippen molar-refractivity contribution in [2.24, 2.45) is 0 Å². The molecule has 4 heteroatoms. The average molecular weight is 372 g/mol. The lowest BCUT2D eigenvalue weighted by atomic mass is 10.1. The summed E-state index contributed by atoms with van der Waals surface area (Å²) in [5, 5.41) is 3.42. The predicted molar refractivity (Wildman–Crippen MR) is 83.3 cm³/mol. The maximum absolute atomic E-state index is 12.1. The minimum Gasteiger partial charge on any atom is -0.322 e. The Morgan fingerprint density at radius 1 is 1.17 bits per heavy atom. The van der Waals surface area contributed by atoms with Gasteiger partial charge in [0.15, 0.2) is 0 Å². The zero-order chi connectivity index (χ0) is 13.1. The van der Waals surface area contributed by atoms with Crippen LogP contribution < -0.4 is 5.32 Å². The van der Waals surface area contributed by atoms with E-state index in [2.05, 4.69) is 27.9 Å². The molecule has 0 atom stereocenters. The molecule has 0 fully saturated rings. The molecular weight excluding hydrogens is 361 g/mol. The summed E-state index contributed by atoms with van der Waals surface area (Å²) in [6, 6.07) is 12.9. The molecule has 0 aliphatic carbocycles. The smallest absolute Gasteiger partial charge is 0.255 e. The van der Waals surface area contributed by atoms with Gasteiger partial charge < -0.3 is 5.32 Å². The Morgan fingerprint density at radius 3 is 2.50 bits per heavy atom. The molecule has 2 aromatic rings. The van der Waals surface area contributed by atoms with Crippen molar-refractivity contribution in [3.05, 3.63) is 62.2 Å². The molecule has 2 nitrogen and oxygen atoms in total. The number of carbonyl (C=O) groups is 1. The van der Waals surface area contributed by atoms with Gasteiger partial charge in [-0.05, 0) is 71.5 Å². The first-order chi connectivity index (χ1) is 8.56. The number of benzene rings is 2. The lowest BCUT2D eigenvalue weighted by Crippen LogP contribution is -2.13. The van der Waals surface area contributed by atoms with Crippen LogP contribution in [0.4, 0.5) is 5.69 Å². The number of hydrogen-bond acceptors (Lipinski definition) is 1. The normalized spacial score (nSPS) is 10.2. The van der Waals surface area contributed by atoms with Crippen LogP contribution in [0.15, 0.2) is 42.5 Å². The third-order valence-electron chi connectivity index (χ3n) is 2.55. The molecule has 0 saturated heterocycles. The Bertz CT molecular complexity index is 581. The van der Waals surface area contributed by atoms with Crippen molar-refractivity contribution < 1.29 is 4.79 Å². The second-order valence-corrected chi connectivity index (χ2v) is 5.60. The second-order valence-electron chi connectivity index (χ2n) is 3.92. The third kappa shape index (κ3) is 3.23. The molecule has 0 unspecified atom stereocenters. The van der Waals surface area contributed by atoms with E-state index in [0.717, 1.165) is 14.8 Å². The zero-order valence-corrected chi connectivity index (χ0v) is 12.6. The molecule has 0 aliphatic heterocycles. The lowest BCUT2D eigenvalue weighted by Gasteiger charge is -2.08. The van der Waals surface area contributed by atoms with Crippen molar-refractivity contribution >= 4 is 45.8 Å². The van der Waals surface area contributed by atoms with E-state index in [1.165, 1.54) is 0 Å². The predicted octanol–water partition coefficient (Wildman–Crippen LogP) is 4.51. The van der Waals surface area contributed by atoms with Gasteiger partial charge in [0, 0.05) is 19.8 Å². The quantitative estimate of drug-likeness (QED) is 0.774. The average Bonchev–Trinajstić information content (AvgIpc) is 2.35. The third-order valence-corrected chi connectivity index (χ3v) is 3.50. The molecular formula is C14H11ClINO. The number of aryl methyl sites for hydroxylation is 1. The van der Waals surface area contributed by atoms with Crippen LogP contribution in [-0.4, -0.2) is 5.91 Å². The lowest BCUT2D eigenvalue weighted by molar-refractivity contribution is 0.102. The molecule has 1 amide bonds. The van der Waals surface area contributed by atoms with Crippen molar-refractivity contribution in [1.82, 2.24) is 0 Å². The Hall–Kier alpha value is -1.07. The van der Waals surface area contributed by atoms with Crippen LogP contribution in [0, 0.1) is 10.5 Å². The summed E-state index contributed by atoms with van der Waals surface area (Å²) in [6.07, 6.45) is 0. The van der Waals surface area contributed by atoms with E-state index in [1.807, 2.05) is 37.3 Å². The monoisotopic (exact) mass is 371 g/mol. The molecule has 0 spiro atoms. The molecule has 0 bridgehead atoms. The largest absolute Gasteiger partial charge is 0.322 e. The molecule has 0 heterocycles. The standard InChI is InChI=1S/C14H11ClINO/c1-9-2-3-10(15)8-13(9)14(18)17-12-6-4-11(16)5-7-12/h2-8H,1H3,(H,17,18). The Morgan fingerprint density at radius 2 is 1.83 bits per heavy atom. The van der Waals surface area contributed by atoms with Crippen molar-refractivity contribution in [3.63, 3.8) is 0 Å². The topological polar surface area (TPSA) is 29.1 Å². The molecule has 0 saturated carbocycles. The van der Waals surface area contributed by atoms with Crippen LogP contribution in [0.25, 0.3) is 0 Å². The number of rotatable bonds is 2. The fourth-order valence-corrected chi connectivity index (χ4v) is 2.10. The zero-order valence-electron chi connectivity index (χ0n) is 9.71. The van der Waals surface area contributed by atoms with Gasteiger partial charge in [-0.15, -0.1) is 0 Å². The van der Waals surface area contributed by atoms with Crippen LogP contribution in [0.2, 0.25) is 5.02 Å². The van der Waals surface area contributed by atoms with Gasteiger partial charge in [-0.2, -0.15) is 0 Å². The van der Waals surface area contributed by atoms with Crippen molar-refractivity contribution in [2.75, 3.05) is 5.32 Å². The number of hydrogen-bond donors (Lipinski definition) is 1. The highest BCUT2D eigenvalue weighted by atomic mass is 127. The molecule has 18 heavy (non-hydrogen) atoms. The molecule has 2 rings (SSSR count). The van der Waals surface area contributed by atoms with Gasteiger partial charge in [0.05, 0.1) is 0 Å². The van der Waals surface area contributed by atoms with E-state index in [-0.39, 0.29) is 5.91 Å². The number of amides is 1. The highest BCUT2D eigenvalue weighted by Crippen LogP contribution is 2.18. The number of nitrogens with one attached hydrogen (secondary N) is 1. The summed E-state index contributed by atoms with van der Waals surface area (Å²) < 4.78 is 1.13. The summed E-state index contributed by atoms with van der Waals surface area (Å²) >= 11 is 8.12. The highest BCUT2D eigenvalue weighted by molar-refractivity contribution is 14.1. The summed E-state index contributed by atoms with van der Waals surface area (Å²) in [5.74, 6) is -0.142. The van der Waals surface area contributed by atoms with Crippen molar-refractivity contribution in [2.45, 2.75) is 6.92 Å². The van der Waals surface area contributed by atoms with Gasteiger partial charge in [-0.1, -0.05) is 17.7 Å². The summed E-state index contributed by atoms with van der Waals surface area (Å²) in [7, 11) is 0. The summed E-state index contributed by atoms with van der Waals surface area (Å²) in [5.41, 5.74) is 2.28. The van der Waals surface area contributed by atoms with E-state index in [1.54, 1.807) is 12.1 Å². The number of anilines is 1. The van der Waals surface area contributed by atoms with Gasteiger partial charge in [-0.3, -0.25) is 4.79 Å². The maximum Gasteiger partial charge on any atom is 0.255 e. The minimum atomic E-state index is -0.142. The van der Waals surface area contributed by atoms with E-state index < -0.39 is 0 Å². The first kappa shape index (κ1) is 13.4. The van der Waals surface area contributed by atoms with Gasteiger partial charge in [-0.25, -0.2) is 0 Å². The van der Waals surface area contributed by atoms with Crippen LogP contribution in [0.1, 0.15) is 15.9 Å². The second kappa shape index (κ2) is 5.71. The minimum absolute atomic E-state index is 0.142. The van der Waals surface area contributed by atoms with Gasteiger partial charge >= 0.3 is 0 Å². The molecule has 2 aromatic carbocycles. The Kier molecular flexibility index (Phi) is 4.24. The van der Waals surface area contributed by atoms with Crippen LogP contribution in [0.3, 0.4) is 0 Å². The molecule has 0 aromatic heterocycles. The summed E-state index contributed by atoms with van der Waals surface area (Å²) in [6.45, 7) is 1.89. The van der Waals surface area contributed by atoms with Crippen LogP contribution >= 0.6 is 34.2 Å². The summed E-state index contributed by atoms with van der Waals surface area (Å²) in [4.78, 5) is 12.1. The van der Waals surface area contributed by atoms with Crippen LogP contribution in [0.5, 0.6) is 0 Å². The number of halogens is 2. The molecule has 1 N–H and O–H groups in total. The molecule has 0 radical (unpaired) electrons.